The van der Waals surface area contributed by atoms with Crippen LogP contribution < -0.4 is 4.90 Å². The Hall–Kier alpha value is -2.60. The highest BCUT2D eigenvalue weighted by atomic mass is 16.3. The topological polar surface area (TPSA) is 76.9 Å². The molecule has 1 aromatic carbocycles. The molecular formula is C17H19N3O3. The third-order valence-electron chi connectivity index (χ3n) is 4.04. The number of nitrogens with zero attached hydrogens (tertiary/aromatic N) is 3. The van der Waals surface area contributed by atoms with Crippen LogP contribution in [-0.2, 0) is 6.61 Å². The predicted molar refractivity (Wildman–Crippen MR) is 86.4 cm³/mol. The third-order valence-corrected chi connectivity index (χ3v) is 4.04. The summed E-state index contributed by atoms with van der Waals surface area (Å²) < 4.78 is 0. The summed E-state index contributed by atoms with van der Waals surface area (Å²) >= 11 is 0. The van der Waals surface area contributed by atoms with Gasteiger partial charge in [-0.25, -0.2) is 0 Å². The second-order valence-corrected chi connectivity index (χ2v) is 5.44. The molecule has 2 N–H and O–H groups in total. The zero-order valence-corrected chi connectivity index (χ0v) is 12.7. The first-order chi connectivity index (χ1) is 11.2. The zero-order chi connectivity index (χ0) is 16.2. The van der Waals surface area contributed by atoms with Gasteiger partial charge in [-0.05, 0) is 18.2 Å². The lowest BCUT2D eigenvalue weighted by Crippen LogP contribution is -2.49. The van der Waals surface area contributed by atoms with Gasteiger partial charge in [0.15, 0.2) is 0 Å². The monoisotopic (exact) mass is 313 g/mol. The number of piperazine rings is 1. The number of aromatic nitrogens is 1. The van der Waals surface area contributed by atoms with Gasteiger partial charge in [0, 0.05) is 37.9 Å². The van der Waals surface area contributed by atoms with Crippen LogP contribution in [0.25, 0.3) is 0 Å². The number of aliphatic hydroxyl groups is 1. The molecule has 3 rings (SSSR count). The van der Waals surface area contributed by atoms with E-state index in [2.05, 4.69) is 4.98 Å². The average molecular weight is 313 g/mol. The number of hydrogen-bond acceptors (Lipinski definition) is 5. The Morgan fingerprint density at radius 1 is 1.09 bits per heavy atom. The van der Waals surface area contributed by atoms with Crippen LogP contribution in [0.2, 0.25) is 0 Å². The fraction of sp³-hybridized carbons (Fsp3) is 0.294. The van der Waals surface area contributed by atoms with Crippen molar-refractivity contribution in [3.05, 3.63) is 53.9 Å². The number of aromatic hydroxyl groups is 1. The molecule has 0 bridgehead atoms. The van der Waals surface area contributed by atoms with Gasteiger partial charge >= 0.3 is 0 Å². The lowest BCUT2D eigenvalue weighted by Gasteiger charge is -2.37. The van der Waals surface area contributed by atoms with Crippen molar-refractivity contribution in [3.63, 3.8) is 0 Å². The number of phenolic OH excluding ortho intramolecular Hbond substituents is 1. The first kappa shape index (κ1) is 15.3. The summed E-state index contributed by atoms with van der Waals surface area (Å²) in [4.78, 5) is 20.2. The van der Waals surface area contributed by atoms with E-state index in [0.717, 1.165) is 0 Å². The normalized spacial score (nSPS) is 14.8. The highest BCUT2D eigenvalue weighted by Crippen LogP contribution is 2.32. The first-order valence-electron chi connectivity index (χ1n) is 7.57. The quantitative estimate of drug-likeness (QED) is 0.891. The minimum Gasteiger partial charge on any atom is -0.506 e. The van der Waals surface area contributed by atoms with E-state index in [1.807, 2.05) is 4.90 Å². The van der Waals surface area contributed by atoms with Crippen molar-refractivity contribution in [2.24, 2.45) is 0 Å². The second-order valence-electron chi connectivity index (χ2n) is 5.44. The van der Waals surface area contributed by atoms with Gasteiger partial charge in [-0.1, -0.05) is 18.2 Å². The minimum atomic E-state index is -0.128. The molecule has 6 heteroatoms. The molecule has 0 atom stereocenters. The molecule has 0 aliphatic carbocycles. The number of aliphatic hydroxyl groups excluding tert-OH is 1. The molecule has 1 aliphatic heterocycles. The number of benzene rings is 1. The van der Waals surface area contributed by atoms with E-state index >= 15 is 0 Å². The predicted octanol–water partition coefficient (Wildman–Crippen LogP) is 1.24. The fourth-order valence-corrected chi connectivity index (χ4v) is 2.85. The standard InChI is InChI=1S/C17H19N3O3/c21-12-13-4-3-6-15(22)16(13)19-8-10-20(11-9-19)17(23)14-5-1-2-7-18-14/h1-7,21-22H,8-12H2. The van der Waals surface area contributed by atoms with Gasteiger partial charge in [-0.3, -0.25) is 9.78 Å². The van der Waals surface area contributed by atoms with Crippen molar-refractivity contribution in [1.82, 2.24) is 9.88 Å². The van der Waals surface area contributed by atoms with Crippen molar-refractivity contribution in [2.45, 2.75) is 6.61 Å². The van der Waals surface area contributed by atoms with E-state index in [0.29, 0.717) is 43.1 Å². The van der Waals surface area contributed by atoms with E-state index in [4.69, 9.17) is 0 Å². The molecule has 1 aliphatic rings. The fourth-order valence-electron chi connectivity index (χ4n) is 2.85. The molecule has 1 saturated heterocycles. The lowest BCUT2D eigenvalue weighted by atomic mass is 10.1. The van der Waals surface area contributed by atoms with Crippen LogP contribution in [0.4, 0.5) is 5.69 Å². The molecule has 120 valence electrons. The molecule has 23 heavy (non-hydrogen) atoms. The van der Waals surface area contributed by atoms with Crippen LogP contribution in [0, 0.1) is 0 Å². The third kappa shape index (κ3) is 3.12. The Bertz CT molecular complexity index is 683. The van der Waals surface area contributed by atoms with Crippen LogP contribution >= 0.6 is 0 Å². The van der Waals surface area contributed by atoms with Gasteiger partial charge in [0.1, 0.15) is 11.4 Å². The van der Waals surface area contributed by atoms with Crippen molar-refractivity contribution >= 4 is 11.6 Å². The number of hydrogen-bond donors (Lipinski definition) is 2. The molecule has 0 saturated carbocycles. The summed E-state index contributed by atoms with van der Waals surface area (Å²) in [6, 6.07) is 10.4. The van der Waals surface area contributed by atoms with Crippen LogP contribution in [0.15, 0.2) is 42.6 Å². The number of rotatable bonds is 3. The molecule has 0 spiro atoms. The molecule has 6 nitrogen and oxygen atoms in total. The molecule has 2 heterocycles. The van der Waals surface area contributed by atoms with E-state index < -0.39 is 0 Å². The highest BCUT2D eigenvalue weighted by Gasteiger charge is 2.25. The van der Waals surface area contributed by atoms with E-state index in [-0.39, 0.29) is 18.3 Å². The van der Waals surface area contributed by atoms with Crippen molar-refractivity contribution < 1.29 is 15.0 Å². The Morgan fingerprint density at radius 2 is 1.87 bits per heavy atom. The first-order valence-corrected chi connectivity index (χ1v) is 7.57. The van der Waals surface area contributed by atoms with Crippen LogP contribution in [0.5, 0.6) is 5.75 Å². The number of amides is 1. The SMILES string of the molecule is O=C(c1ccccn1)N1CCN(c2c(O)cccc2CO)CC1. The van der Waals surface area contributed by atoms with E-state index in [1.54, 1.807) is 47.5 Å². The number of anilines is 1. The van der Waals surface area contributed by atoms with Gasteiger partial charge in [-0.2, -0.15) is 0 Å². The summed E-state index contributed by atoms with van der Waals surface area (Å²) in [5.41, 5.74) is 1.79. The number of carbonyl (C=O) groups is 1. The number of phenols is 1. The Morgan fingerprint density at radius 3 is 2.52 bits per heavy atom. The molecule has 0 radical (unpaired) electrons. The van der Waals surface area contributed by atoms with E-state index in [1.165, 1.54) is 0 Å². The Kier molecular flexibility index (Phi) is 4.43. The minimum absolute atomic E-state index is 0.0788. The molecule has 2 aromatic rings. The molecule has 1 fully saturated rings. The van der Waals surface area contributed by atoms with Gasteiger partial charge in [0.05, 0.1) is 12.3 Å². The van der Waals surface area contributed by atoms with Gasteiger partial charge in [-0.15, -0.1) is 0 Å². The Labute approximate surface area is 134 Å². The van der Waals surface area contributed by atoms with Crippen LogP contribution in [-0.4, -0.2) is 52.2 Å². The summed E-state index contributed by atoms with van der Waals surface area (Å²) in [5.74, 6) is 0.0750. The zero-order valence-electron chi connectivity index (χ0n) is 12.7. The highest BCUT2D eigenvalue weighted by molar-refractivity contribution is 5.92. The molecular weight excluding hydrogens is 294 g/mol. The van der Waals surface area contributed by atoms with Crippen molar-refractivity contribution in [1.29, 1.82) is 0 Å². The average Bonchev–Trinajstić information content (AvgIpc) is 2.62. The van der Waals surface area contributed by atoms with Crippen molar-refractivity contribution in [3.8, 4) is 5.75 Å². The van der Waals surface area contributed by atoms with Gasteiger partial charge in [0.25, 0.3) is 5.91 Å². The molecule has 0 unspecified atom stereocenters. The molecule has 1 amide bonds. The van der Waals surface area contributed by atoms with Crippen LogP contribution in [0.1, 0.15) is 16.1 Å². The summed E-state index contributed by atoms with van der Waals surface area (Å²) in [7, 11) is 0. The second kappa shape index (κ2) is 6.66. The number of carbonyl (C=O) groups excluding carboxylic acids is 1. The summed E-state index contributed by atoms with van der Waals surface area (Å²) in [6.07, 6.45) is 1.61. The van der Waals surface area contributed by atoms with Gasteiger partial charge in [0.2, 0.25) is 0 Å². The molecule has 1 aromatic heterocycles. The summed E-state index contributed by atoms with van der Waals surface area (Å²) in [5, 5.41) is 19.5. The maximum atomic E-state index is 12.4. The number of para-hydroxylation sites is 1. The largest absolute Gasteiger partial charge is 0.506 e. The van der Waals surface area contributed by atoms with E-state index in [9.17, 15) is 15.0 Å². The summed E-state index contributed by atoms with van der Waals surface area (Å²) in [6.45, 7) is 2.17. The van der Waals surface area contributed by atoms with Gasteiger partial charge < -0.3 is 20.0 Å². The lowest BCUT2D eigenvalue weighted by molar-refractivity contribution is 0.0740. The maximum Gasteiger partial charge on any atom is 0.272 e. The van der Waals surface area contributed by atoms with Crippen molar-refractivity contribution in [2.75, 3.05) is 31.1 Å². The smallest absolute Gasteiger partial charge is 0.272 e. The Balaban J connectivity index is 1.71. The maximum absolute atomic E-state index is 12.4. The van der Waals surface area contributed by atoms with Crippen LogP contribution in [0.3, 0.4) is 0 Å². The number of pyridine rings is 1.